The largest absolute Gasteiger partial charge is 0.479 e. The smallest absolute Gasteiger partial charge is 0.331 e. The lowest BCUT2D eigenvalue weighted by molar-refractivity contribution is -0.147. The zero-order chi connectivity index (χ0) is 14.2. The van der Waals surface area contributed by atoms with E-state index in [9.17, 15) is 14.7 Å². The molecule has 2 heterocycles. The zero-order valence-corrected chi connectivity index (χ0v) is 11.6. The Balaban J connectivity index is 1.63. The van der Waals surface area contributed by atoms with E-state index in [1.807, 2.05) is 0 Å². The summed E-state index contributed by atoms with van der Waals surface area (Å²) in [5, 5.41) is 15.4. The predicted molar refractivity (Wildman–Crippen MR) is 71.2 cm³/mol. The van der Waals surface area contributed by atoms with Crippen molar-refractivity contribution in [1.82, 2.24) is 10.6 Å². The number of fused-ring (bicyclic) bond motifs is 1. The summed E-state index contributed by atoms with van der Waals surface area (Å²) in [5.74, 6) is -0.619. The SMILES string of the molecule is O=C(NC1(C(=O)O)CCOC1)C1CC2CCCCC2N1. The molecule has 6 nitrogen and oxygen atoms in total. The molecule has 3 rings (SSSR count). The van der Waals surface area contributed by atoms with E-state index in [0.717, 1.165) is 12.8 Å². The monoisotopic (exact) mass is 282 g/mol. The van der Waals surface area contributed by atoms with Crippen LogP contribution in [0.1, 0.15) is 38.5 Å². The van der Waals surface area contributed by atoms with E-state index in [1.54, 1.807) is 0 Å². The molecule has 3 fully saturated rings. The van der Waals surface area contributed by atoms with Crippen molar-refractivity contribution in [2.45, 2.75) is 56.1 Å². The fraction of sp³-hybridized carbons (Fsp3) is 0.857. The van der Waals surface area contributed by atoms with Crippen molar-refractivity contribution in [1.29, 1.82) is 0 Å². The van der Waals surface area contributed by atoms with Crippen molar-refractivity contribution in [2.24, 2.45) is 5.92 Å². The maximum Gasteiger partial charge on any atom is 0.331 e. The van der Waals surface area contributed by atoms with Gasteiger partial charge in [-0.05, 0) is 25.2 Å². The molecule has 3 aliphatic rings. The zero-order valence-electron chi connectivity index (χ0n) is 11.6. The second-order valence-electron chi connectivity index (χ2n) is 6.29. The van der Waals surface area contributed by atoms with Crippen LogP contribution in [-0.4, -0.2) is 47.8 Å². The number of aliphatic carboxylic acids is 1. The first-order chi connectivity index (χ1) is 9.61. The van der Waals surface area contributed by atoms with Crippen molar-refractivity contribution in [3.05, 3.63) is 0 Å². The van der Waals surface area contributed by atoms with Gasteiger partial charge in [-0.25, -0.2) is 4.79 Å². The average Bonchev–Trinajstić information content (AvgIpc) is 3.05. The van der Waals surface area contributed by atoms with Crippen LogP contribution in [0.5, 0.6) is 0 Å². The fourth-order valence-electron chi connectivity index (χ4n) is 3.73. The topological polar surface area (TPSA) is 87.7 Å². The Bertz CT molecular complexity index is 392. The summed E-state index contributed by atoms with van der Waals surface area (Å²) in [4.78, 5) is 23.8. The lowest BCUT2D eigenvalue weighted by atomic mass is 9.85. The number of hydrogen-bond acceptors (Lipinski definition) is 4. The van der Waals surface area contributed by atoms with Crippen LogP contribution in [0.2, 0.25) is 0 Å². The summed E-state index contributed by atoms with van der Waals surface area (Å²) in [6.45, 7) is 0.448. The van der Waals surface area contributed by atoms with Gasteiger partial charge in [-0.2, -0.15) is 0 Å². The van der Waals surface area contributed by atoms with Crippen molar-refractivity contribution < 1.29 is 19.4 Å². The number of carboxylic acid groups (broad SMARTS) is 1. The number of rotatable bonds is 3. The molecule has 1 aliphatic carbocycles. The fourth-order valence-corrected chi connectivity index (χ4v) is 3.73. The lowest BCUT2D eigenvalue weighted by Crippen LogP contribution is -2.58. The Kier molecular flexibility index (Phi) is 3.69. The van der Waals surface area contributed by atoms with Gasteiger partial charge in [-0.3, -0.25) is 4.79 Å². The molecule has 1 amide bonds. The first-order valence-electron chi connectivity index (χ1n) is 7.50. The minimum Gasteiger partial charge on any atom is -0.479 e. The first kappa shape index (κ1) is 13.8. The molecule has 4 atom stereocenters. The minimum absolute atomic E-state index is 0.0631. The normalized spacial score (nSPS) is 40.3. The van der Waals surface area contributed by atoms with Gasteiger partial charge in [0.05, 0.1) is 12.6 Å². The summed E-state index contributed by atoms with van der Waals surface area (Å²) in [7, 11) is 0. The van der Waals surface area contributed by atoms with Crippen LogP contribution < -0.4 is 10.6 Å². The summed E-state index contributed by atoms with van der Waals surface area (Å²) < 4.78 is 5.16. The van der Waals surface area contributed by atoms with Crippen LogP contribution in [-0.2, 0) is 14.3 Å². The van der Waals surface area contributed by atoms with Gasteiger partial charge in [0, 0.05) is 19.1 Å². The Hall–Kier alpha value is -1.14. The molecule has 0 radical (unpaired) electrons. The van der Waals surface area contributed by atoms with Crippen molar-refractivity contribution in [3.8, 4) is 0 Å². The molecule has 2 saturated heterocycles. The number of amides is 1. The Morgan fingerprint density at radius 3 is 2.75 bits per heavy atom. The van der Waals surface area contributed by atoms with Gasteiger partial charge in [-0.1, -0.05) is 12.8 Å². The Morgan fingerprint density at radius 2 is 2.10 bits per heavy atom. The van der Waals surface area contributed by atoms with Crippen molar-refractivity contribution >= 4 is 11.9 Å². The van der Waals surface area contributed by atoms with Crippen LogP contribution in [0.15, 0.2) is 0 Å². The summed E-state index contributed by atoms with van der Waals surface area (Å²) in [6, 6.07) is 0.181. The third-order valence-electron chi connectivity index (χ3n) is 4.97. The third kappa shape index (κ3) is 2.42. The number of carbonyl (C=O) groups is 2. The minimum atomic E-state index is -1.23. The van der Waals surface area contributed by atoms with Gasteiger partial charge < -0.3 is 20.5 Å². The highest BCUT2D eigenvalue weighted by molar-refractivity contribution is 5.90. The maximum atomic E-state index is 12.4. The molecule has 20 heavy (non-hydrogen) atoms. The number of nitrogens with one attached hydrogen (secondary N) is 2. The molecule has 0 aromatic carbocycles. The van der Waals surface area contributed by atoms with Crippen LogP contribution >= 0.6 is 0 Å². The highest BCUT2D eigenvalue weighted by Crippen LogP contribution is 2.33. The molecule has 0 spiro atoms. The van der Waals surface area contributed by atoms with Gasteiger partial charge >= 0.3 is 5.97 Å². The van der Waals surface area contributed by atoms with E-state index < -0.39 is 11.5 Å². The maximum absolute atomic E-state index is 12.4. The molecule has 0 aromatic rings. The molecule has 6 heteroatoms. The van der Waals surface area contributed by atoms with E-state index >= 15 is 0 Å². The standard InChI is InChI=1S/C14H22N2O4/c17-12(16-14(13(18)19)5-6-20-8-14)11-7-9-3-1-2-4-10(9)15-11/h9-11,15H,1-8H2,(H,16,17)(H,18,19). The van der Waals surface area contributed by atoms with Crippen LogP contribution in [0.4, 0.5) is 0 Å². The van der Waals surface area contributed by atoms with E-state index in [1.165, 1.54) is 19.3 Å². The number of hydrogen-bond donors (Lipinski definition) is 3. The second-order valence-corrected chi connectivity index (χ2v) is 6.29. The predicted octanol–water partition coefficient (Wildman–Crippen LogP) is 0.267. The molecule has 3 N–H and O–H groups in total. The molecule has 0 aromatic heterocycles. The Labute approximate surface area is 118 Å². The highest BCUT2D eigenvalue weighted by atomic mass is 16.5. The average molecular weight is 282 g/mol. The molecule has 1 saturated carbocycles. The first-order valence-corrected chi connectivity index (χ1v) is 7.50. The van der Waals surface area contributed by atoms with Gasteiger partial charge in [0.1, 0.15) is 0 Å². The summed E-state index contributed by atoms with van der Waals surface area (Å²) in [5.41, 5.74) is -1.23. The number of carboxylic acids is 1. The van der Waals surface area contributed by atoms with Crippen molar-refractivity contribution in [2.75, 3.05) is 13.2 Å². The molecule has 2 aliphatic heterocycles. The van der Waals surface area contributed by atoms with E-state index in [4.69, 9.17) is 4.74 Å². The van der Waals surface area contributed by atoms with E-state index in [-0.39, 0.29) is 18.6 Å². The second kappa shape index (κ2) is 5.33. The van der Waals surface area contributed by atoms with E-state index in [0.29, 0.717) is 25.0 Å². The van der Waals surface area contributed by atoms with Gasteiger partial charge in [0.15, 0.2) is 5.54 Å². The molecule has 4 unspecified atom stereocenters. The Morgan fingerprint density at radius 1 is 1.30 bits per heavy atom. The quantitative estimate of drug-likeness (QED) is 0.691. The summed E-state index contributed by atoms with van der Waals surface area (Å²) in [6.07, 6.45) is 5.93. The highest BCUT2D eigenvalue weighted by Gasteiger charge is 2.46. The van der Waals surface area contributed by atoms with Crippen LogP contribution in [0.3, 0.4) is 0 Å². The van der Waals surface area contributed by atoms with Crippen molar-refractivity contribution in [3.63, 3.8) is 0 Å². The summed E-state index contributed by atoms with van der Waals surface area (Å²) >= 11 is 0. The lowest BCUT2D eigenvalue weighted by Gasteiger charge is -2.26. The van der Waals surface area contributed by atoms with Gasteiger partial charge in [0.25, 0.3) is 0 Å². The molecular weight excluding hydrogens is 260 g/mol. The van der Waals surface area contributed by atoms with E-state index in [2.05, 4.69) is 10.6 Å². The molecule has 0 bridgehead atoms. The number of ether oxygens (including phenoxy) is 1. The molecule has 112 valence electrons. The van der Waals surface area contributed by atoms with Gasteiger partial charge in [0.2, 0.25) is 5.91 Å². The van der Waals surface area contributed by atoms with Crippen LogP contribution in [0, 0.1) is 5.92 Å². The molecular formula is C14H22N2O4. The number of carbonyl (C=O) groups excluding carboxylic acids is 1. The van der Waals surface area contributed by atoms with Crippen LogP contribution in [0.25, 0.3) is 0 Å². The van der Waals surface area contributed by atoms with Gasteiger partial charge in [-0.15, -0.1) is 0 Å². The third-order valence-corrected chi connectivity index (χ3v) is 4.97.